The summed E-state index contributed by atoms with van der Waals surface area (Å²) in [5.74, 6) is 0.693. The molecule has 1 aliphatic rings. The molecule has 0 bridgehead atoms. The van der Waals surface area contributed by atoms with Crippen LogP contribution in [0.3, 0.4) is 0 Å². The highest BCUT2D eigenvalue weighted by Crippen LogP contribution is 2.31. The first kappa shape index (κ1) is 16.0. The lowest BCUT2D eigenvalue weighted by Gasteiger charge is -2.45. The van der Waals surface area contributed by atoms with E-state index in [-0.39, 0.29) is 0 Å². The fourth-order valence-corrected chi connectivity index (χ4v) is 3.26. The molecular weight excluding hydrogens is 358 g/mol. The summed E-state index contributed by atoms with van der Waals surface area (Å²) in [4.78, 5) is 17.6. The zero-order chi connectivity index (χ0) is 16.1. The number of amides is 1. The molecular formula is C17H18BrN3O2. The fourth-order valence-electron chi connectivity index (χ4n) is 2.86. The molecule has 0 saturated carbocycles. The van der Waals surface area contributed by atoms with Crippen LogP contribution in [0.5, 0.6) is 5.75 Å². The molecule has 0 radical (unpaired) electrons. The highest BCUT2D eigenvalue weighted by atomic mass is 79.9. The van der Waals surface area contributed by atoms with E-state index < -0.39 is 5.54 Å². The zero-order valence-electron chi connectivity index (χ0n) is 12.6. The molecule has 0 aliphatic carbocycles. The van der Waals surface area contributed by atoms with Crippen molar-refractivity contribution >= 4 is 22.3 Å². The molecule has 120 valence electrons. The van der Waals surface area contributed by atoms with Crippen LogP contribution in [0.15, 0.2) is 53.3 Å². The van der Waals surface area contributed by atoms with E-state index >= 15 is 0 Å². The van der Waals surface area contributed by atoms with Gasteiger partial charge < -0.3 is 15.0 Å². The second kappa shape index (κ2) is 7.10. The molecule has 1 fully saturated rings. The maximum atomic E-state index is 11.7. The van der Waals surface area contributed by atoms with E-state index in [0.29, 0.717) is 25.4 Å². The topological polar surface area (TPSA) is 54.5 Å². The number of piperazine rings is 1. The molecule has 6 heteroatoms. The number of hydrogen-bond donors (Lipinski definition) is 1. The van der Waals surface area contributed by atoms with Crippen molar-refractivity contribution in [2.45, 2.75) is 5.54 Å². The van der Waals surface area contributed by atoms with E-state index in [1.54, 1.807) is 12.4 Å². The Morgan fingerprint density at radius 1 is 1.39 bits per heavy atom. The highest BCUT2D eigenvalue weighted by Gasteiger charge is 2.41. The third-order valence-electron chi connectivity index (χ3n) is 4.10. The number of ether oxygens (including phenoxy) is 1. The fraction of sp³-hybridized carbons (Fsp3) is 0.294. The third-order valence-corrected chi connectivity index (χ3v) is 4.59. The Morgan fingerprint density at radius 2 is 2.30 bits per heavy atom. The maximum Gasteiger partial charge on any atom is 0.210 e. The van der Waals surface area contributed by atoms with Crippen molar-refractivity contribution in [2.24, 2.45) is 0 Å². The first-order valence-electron chi connectivity index (χ1n) is 7.46. The molecule has 0 spiro atoms. The largest absolute Gasteiger partial charge is 0.489 e. The van der Waals surface area contributed by atoms with Gasteiger partial charge in [-0.15, -0.1) is 0 Å². The lowest BCUT2D eigenvalue weighted by Crippen LogP contribution is -2.61. The number of carbonyl (C=O) groups is 1. The van der Waals surface area contributed by atoms with Crippen LogP contribution in [0.1, 0.15) is 5.56 Å². The Bertz CT molecular complexity index is 668. The van der Waals surface area contributed by atoms with Gasteiger partial charge in [-0.1, -0.05) is 28.1 Å². The van der Waals surface area contributed by atoms with E-state index in [0.717, 1.165) is 23.0 Å². The molecule has 1 unspecified atom stereocenters. The number of nitrogens with zero attached hydrogens (tertiary/aromatic N) is 2. The van der Waals surface area contributed by atoms with E-state index in [4.69, 9.17) is 4.74 Å². The Morgan fingerprint density at radius 3 is 3.04 bits per heavy atom. The average Bonchev–Trinajstić information content (AvgIpc) is 2.61. The van der Waals surface area contributed by atoms with Crippen molar-refractivity contribution < 1.29 is 9.53 Å². The molecule has 2 heterocycles. The molecule has 5 nitrogen and oxygen atoms in total. The number of nitrogens with one attached hydrogen (secondary N) is 1. The molecule has 1 aliphatic heterocycles. The molecule has 2 aromatic rings. The second-order valence-corrected chi connectivity index (χ2v) is 6.41. The van der Waals surface area contributed by atoms with Crippen molar-refractivity contribution in [2.75, 3.05) is 26.2 Å². The first-order chi connectivity index (χ1) is 11.2. The quantitative estimate of drug-likeness (QED) is 0.813. The van der Waals surface area contributed by atoms with Gasteiger partial charge in [0.1, 0.15) is 17.9 Å². The van der Waals surface area contributed by atoms with Crippen molar-refractivity contribution in [3.8, 4) is 5.75 Å². The van der Waals surface area contributed by atoms with Gasteiger partial charge in [0.15, 0.2) is 0 Å². The van der Waals surface area contributed by atoms with Gasteiger partial charge in [-0.25, -0.2) is 0 Å². The van der Waals surface area contributed by atoms with Gasteiger partial charge >= 0.3 is 0 Å². The summed E-state index contributed by atoms with van der Waals surface area (Å²) >= 11 is 3.51. The van der Waals surface area contributed by atoms with Gasteiger partial charge in [-0.05, 0) is 29.8 Å². The summed E-state index contributed by atoms with van der Waals surface area (Å²) in [6.45, 7) is 2.43. The van der Waals surface area contributed by atoms with Crippen LogP contribution in [0.4, 0.5) is 0 Å². The van der Waals surface area contributed by atoms with Crippen LogP contribution in [-0.2, 0) is 10.3 Å². The first-order valence-corrected chi connectivity index (χ1v) is 8.25. The predicted molar refractivity (Wildman–Crippen MR) is 91.2 cm³/mol. The summed E-state index contributed by atoms with van der Waals surface area (Å²) in [6, 6.07) is 11.7. The summed E-state index contributed by atoms with van der Waals surface area (Å²) in [7, 11) is 0. The van der Waals surface area contributed by atoms with Gasteiger partial charge in [0.25, 0.3) is 0 Å². The highest BCUT2D eigenvalue weighted by molar-refractivity contribution is 9.10. The number of aromatic nitrogens is 1. The minimum atomic E-state index is -0.542. The van der Waals surface area contributed by atoms with Crippen LogP contribution in [0, 0.1) is 0 Å². The van der Waals surface area contributed by atoms with Crippen LogP contribution in [0.2, 0.25) is 0 Å². The van der Waals surface area contributed by atoms with Crippen LogP contribution in [-0.4, -0.2) is 42.5 Å². The van der Waals surface area contributed by atoms with Gasteiger partial charge in [-0.3, -0.25) is 9.78 Å². The minimum absolute atomic E-state index is 0.362. The van der Waals surface area contributed by atoms with Gasteiger partial charge in [0.2, 0.25) is 6.41 Å². The Balaban J connectivity index is 1.94. The number of rotatable bonds is 5. The lowest BCUT2D eigenvalue weighted by molar-refractivity contribution is -0.127. The van der Waals surface area contributed by atoms with E-state index in [1.165, 1.54) is 0 Å². The number of carbonyl (C=O) groups excluding carboxylic acids is 1. The standard InChI is InChI=1S/C17H18BrN3O2/c18-15-4-1-3-14(9-15)17(11-20-7-8-21(17)13-22)12-23-16-5-2-6-19-10-16/h1-6,9-10,13,20H,7-8,11-12H2. The smallest absolute Gasteiger partial charge is 0.210 e. The molecule has 23 heavy (non-hydrogen) atoms. The zero-order valence-corrected chi connectivity index (χ0v) is 14.2. The Hall–Kier alpha value is -1.92. The Kier molecular flexibility index (Phi) is 4.93. The summed E-state index contributed by atoms with van der Waals surface area (Å²) in [5, 5.41) is 3.38. The second-order valence-electron chi connectivity index (χ2n) is 5.49. The number of benzene rings is 1. The number of hydrogen-bond acceptors (Lipinski definition) is 4. The van der Waals surface area contributed by atoms with E-state index in [2.05, 4.69) is 26.2 Å². The minimum Gasteiger partial charge on any atom is -0.489 e. The predicted octanol–water partition coefficient (Wildman–Crippen LogP) is 2.18. The third kappa shape index (κ3) is 3.38. The van der Waals surface area contributed by atoms with Crippen molar-refractivity contribution in [1.82, 2.24) is 15.2 Å². The molecule has 1 saturated heterocycles. The van der Waals surface area contributed by atoms with Crippen LogP contribution < -0.4 is 10.1 Å². The monoisotopic (exact) mass is 375 g/mol. The number of halogens is 1. The molecule has 3 rings (SSSR count). The van der Waals surface area contributed by atoms with Gasteiger partial charge in [0, 0.05) is 30.3 Å². The maximum absolute atomic E-state index is 11.7. The van der Waals surface area contributed by atoms with Crippen molar-refractivity contribution in [1.29, 1.82) is 0 Å². The summed E-state index contributed by atoms with van der Waals surface area (Å²) in [5.41, 5.74) is 0.495. The van der Waals surface area contributed by atoms with Crippen molar-refractivity contribution in [3.63, 3.8) is 0 Å². The normalized spacial score (nSPS) is 21.0. The Labute approximate surface area is 143 Å². The SMILES string of the molecule is O=CN1CCNCC1(COc1cccnc1)c1cccc(Br)c1. The summed E-state index contributed by atoms with van der Waals surface area (Å²) in [6.07, 6.45) is 4.29. The van der Waals surface area contributed by atoms with E-state index in [9.17, 15) is 4.79 Å². The molecule has 1 amide bonds. The molecule has 1 aromatic carbocycles. The van der Waals surface area contributed by atoms with Crippen LogP contribution in [0.25, 0.3) is 0 Å². The molecule has 1 N–H and O–H groups in total. The van der Waals surface area contributed by atoms with Crippen LogP contribution >= 0.6 is 15.9 Å². The number of pyridine rings is 1. The van der Waals surface area contributed by atoms with Gasteiger partial charge in [0.05, 0.1) is 6.20 Å². The lowest BCUT2D eigenvalue weighted by atomic mass is 9.87. The van der Waals surface area contributed by atoms with E-state index in [1.807, 2.05) is 41.3 Å². The summed E-state index contributed by atoms with van der Waals surface area (Å²) < 4.78 is 6.94. The van der Waals surface area contributed by atoms with Crippen molar-refractivity contribution in [3.05, 3.63) is 58.8 Å². The average molecular weight is 376 g/mol. The van der Waals surface area contributed by atoms with Gasteiger partial charge in [-0.2, -0.15) is 0 Å². The molecule has 1 aromatic heterocycles. The molecule has 1 atom stereocenters.